The van der Waals surface area contributed by atoms with Gasteiger partial charge in [-0.3, -0.25) is 0 Å². The van der Waals surface area contributed by atoms with Crippen molar-refractivity contribution in [1.29, 1.82) is 0 Å². The highest BCUT2D eigenvalue weighted by atomic mass is 15.0. The van der Waals surface area contributed by atoms with Crippen molar-refractivity contribution in [3.63, 3.8) is 0 Å². The molecule has 0 radical (unpaired) electrons. The molecule has 1 heterocycles. The van der Waals surface area contributed by atoms with Gasteiger partial charge >= 0.3 is 0 Å². The molecule has 196 valence electrons. The van der Waals surface area contributed by atoms with Crippen molar-refractivity contribution in [3.05, 3.63) is 151 Å². The van der Waals surface area contributed by atoms with E-state index in [2.05, 4.69) is 163 Å². The van der Waals surface area contributed by atoms with Gasteiger partial charge in [0, 0.05) is 27.4 Å². The number of nitrogens with zero attached hydrogens (tertiary/aromatic N) is 1. The molecular weight excluding hydrogens is 496 g/mol. The maximum absolute atomic E-state index is 3.92. The zero-order valence-corrected chi connectivity index (χ0v) is 23.2. The summed E-state index contributed by atoms with van der Waals surface area (Å²) < 4.78 is 2.41. The molecule has 1 aliphatic carbocycles. The minimum Gasteiger partial charge on any atom is -0.353 e. The van der Waals surface area contributed by atoms with Gasteiger partial charge in [0.2, 0.25) is 0 Å². The second kappa shape index (κ2) is 8.97. The highest BCUT2D eigenvalue weighted by Crippen LogP contribution is 2.50. The first kappa shape index (κ1) is 23.8. The number of rotatable bonds is 4. The zero-order valence-electron chi connectivity index (χ0n) is 23.2. The van der Waals surface area contributed by atoms with Crippen LogP contribution in [0, 0.1) is 0 Å². The van der Waals surface area contributed by atoms with E-state index in [1.807, 2.05) is 0 Å². The predicted molar refractivity (Wildman–Crippen MR) is 174 cm³/mol. The SMILES string of the molecule is CC1(C)c2ccccc2-c2cc(Nc3c(-c4ccccc4)cccc3-n3c4ccccc4c4ccccc43)ccc21. The van der Waals surface area contributed by atoms with Crippen molar-refractivity contribution in [3.8, 4) is 27.9 Å². The maximum Gasteiger partial charge on any atom is 0.0708 e. The van der Waals surface area contributed by atoms with Gasteiger partial charge in [-0.05, 0) is 58.1 Å². The van der Waals surface area contributed by atoms with Crippen molar-refractivity contribution < 1.29 is 0 Å². The van der Waals surface area contributed by atoms with E-state index in [-0.39, 0.29) is 5.41 Å². The molecule has 7 aromatic rings. The topological polar surface area (TPSA) is 17.0 Å². The van der Waals surface area contributed by atoms with Crippen LogP contribution in [0.3, 0.4) is 0 Å². The van der Waals surface area contributed by atoms with Crippen molar-refractivity contribution in [2.24, 2.45) is 0 Å². The molecule has 0 unspecified atom stereocenters. The second-order valence-corrected chi connectivity index (χ2v) is 11.5. The lowest BCUT2D eigenvalue weighted by Crippen LogP contribution is -2.14. The number of hydrogen-bond donors (Lipinski definition) is 1. The van der Waals surface area contributed by atoms with Crippen LogP contribution in [-0.4, -0.2) is 4.57 Å². The molecule has 41 heavy (non-hydrogen) atoms. The fourth-order valence-corrected chi connectivity index (χ4v) is 6.84. The third-order valence-corrected chi connectivity index (χ3v) is 8.80. The van der Waals surface area contributed by atoms with Gasteiger partial charge < -0.3 is 9.88 Å². The number of anilines is 2. The molecule has 1 aliphatic rings. The van der Waals surface area contributed by atoms with Crippen molar-refractivity contribution in [2.45, 2.75) is 19.3 Å². The Labute approximate surface area is 240 Å². The van der Waals surface area contributed by atoms with E-state index >= 15 is 0 Å². The molecule has 1 N–H and O–H groups in total. The van der Waals surface area contributed by atoms with Crippen LogP contribution in [-0.2, 0) is 5.41 Å². The third kappa shape index (κ3) is 3.57. The van der Waals surface area contributed by atoms with Crippen LogP contribution in [0.4, 0.5) is 11.4 Å². The van der Waals surface area contributed by atoms with Crippen LogP contribution in [0.1, 0.15) is 25.0 Å². The van der Waals surface area contributed by atoms with Crippen molar-refractivity contribution >= 4 is 33.2 Å². The van der Waals surface area contributed by atoms with E-state index in [1.54, 1.807) is 0 Å². The number of fused-ring (bicyclic) bond motifs is 6. The van der Waals surface area contributed by atoms with Gasteiger partial charge in [-0.1, -0.05) is 123 Å². The molecule has 0 fully saturated rings. The number of benzene rings is 6. The lowest BCUT2D eigenvalue weighted by atomic mass is 9.82. The fourth-order valence-electron chi connectivity index (χ4n) is 6.84. The molecule has 0 spiro atoms. The Hall–Kier alpha value is -5.08. The summed E-state index contributed by atoms with van der Waals surface area (Å²) in [5.74, 6) is 0. The summed E-state index contributed by atoms with van der Waals surface area (Å²) in [6.07, 6.45) is 0. The summed E-state index contributed by atoms with van der Waals surface area (Å²) in [7, 11) is 0. The smallest absolute Gasteiger partial charge is 0.0708 e. The molecule has 0 aliphatic heterocycles. The van der Waals surface area contributed by atoms with Crippen LogP contribution in [0.25, 0.3) is 49.7 Å². The molecule has 0 saturated carbocycles. The number of hydrogen-bond acceptors (Lipinski definition) is 1. The Balaban J connectivity index is 1.37. The number of para-hydroxylation sites is 3. The fraction of sp³-hybridized carbons (Fsp3) is 0.0769. The Morgan fingerprint density at radius 1 is 0.512 bits per heavy atom. The van der Waals surface area contributed by atoms with E-state index in [9.17, 15) is 0 Å². The normalized spacial score (nSPS) is 13.3. The van der Waals surface area contributed by atoms with Gasteiger partial charge in [0.05, 0.1) is 22.4 Å². The van der Waals surface area contributed by atoms with Crippen LogP contribution in [0.15, 0.2) is 140 Å². The Kier molecular flexibility index (Phi) is 5.20. The third-order valence-electron chi connectivity index (χ3n) is 8.80. The van der Waals surface area contributed by atoms with Gasteiger partial charge in [-0.25, -0.2) is 0 Å². The summed E-state index contributed by atoms with van der Waals surface area (Å²) in [6.45, 7) is 4.66. The van der Waals surface area contributed by atoms with E-state index in [0.717, 1.165) is 17.1 Å². The lowest BCUT2D eigenvalue weighted by Gasteiger charge is -2.22. The summed E-state index contributed by atoms with van der Waals surface area (Å²) >= 11 is 0. The van der Waals surface area contributed by atoms with Crippen molar-refractivity contribution in [2.75, 3.05) is 5.32 Å². The molecule has 8 rings (SSSR count). The first-order valence-corrected chi connectivity index (χ1v) is 14.3. The van der Waals surface area contributed by atoms with Gasteiger partial charge in [-0.2, -0.15) is 0 Å². The van der Waals surface area contributed by atoms with Crippen molar-refractivity contribution in [1.82, 2.24) is 4.57 Å². The number of nitrogens with one attached hydrogen (secondary N) is 1. The minimum absolute atomic E-state index is 0.0134. The Morgan fingerprint density at radius 2 is 1.12 bits per heavy atom. The Morgan fingerprint density at radius 3 is 1.88 bits per heavy atom. The average Bonchev–Trinajstić information content (AvgIpc) is 3.47. The molecule has 2 nitrogen and oxygen atoms in total. The van der Waals surface area contributed by atoms with E-state index in [0.29, 0.717) is 0 Å². The van der Waals surface area contributed by atoms with Crippen LogP contribution in [0.2, 0.25) is 0 Å². The highest BCUT2D eigenvalue weighted by molar-refractivity contribution is 6.10. The van der Waals surface area contributed by atoms with Crippen LogP contribution < -0.4 is 5.32 Å². The largest absolute Gasteiger partial charge is 0.353 e. The van der Waals surface area contributed by atoms with E-state index < -0.39 is 0 Å². The molecule has 1 aromatic heterocycles. The molecule has 0 saturated heterocycles. The van der Waals surface area contributed by atoms with Gasteiger partial charge in [-0.15, -0.1) is 0 Å². The Bertz CT molecular complexity index is 2040. The first-order chi connectivity index (χ1) is 20.1. The summed E-state index contributed by atoms with van der Waals surface area (Å²) in [6, 6.07) is 50.4. The monoisotopic (exact) mass is 526 g/mol. The summed E-state index contributed by atoms with van der Waals surface area (Å²) in [5, 5.41) is 6.44. The quantitative estimate of drug-likeness (QED) is 0.241. The molecule has 0 atom stereocenters. The standard InChI is InChI=1S/C39H30N2/c1-39(2)33-19-9-6-15-29(33)32-25-27(23-24-34(32)39)40-38-28(26-13-4-3-5-14-26)18-12-22-37(38)41-35-20-10-7-16-30(35)31-17-8-11-21-36(31)41/h3-25,40H,1-2H3. The maximum atomic E-state index is 3.92. The molecule has 6 aromatic carbocycles. The van der Waals surface area contributed by atoms with Gasteiger partial charge in [0.25, 0.3) is 0 Å². The minimum atomic E-state index is -0.0134. The average molecular weight is 527 g/mol. The van der Waals surface area contributed by atoms with Gasteiger partial charge in [0.15, 0.2) is 0 Å². The zero-order chi connectivity index (χ0) is 27.6. The predicted octanol–water partition coefficient (Wildman–Crippen LogP) is 10.5. The lowest BCUT2D eigenvalue weighted by molar-refractivity contribution is 0.660. The van der Waals surface area contributed by atoms with Crippen LogP contribution >= 0.6 is 0 Å². The first-order valence-electron chi connectivity index (χ1n) is 14.3. The van der Waals surface area contributed by atoms with E-state index in [4.69, 9.17) is 0 Å². The van der Waals surface area contributed by atoms with E-state index in [1.165, 1.54) is 55.2 Å². The molecule has 0 amide bonds. The van der Waals surface area contributed by atoms with Crippen LogP contribution in [0.5, 0.6) is 0 Å². The molecular formula is C39H30N2. The van der Waals surface area contributed by atoms with Gasteiger partial charge in [0.1, 0.15) is 0 Å². The summed E-state index contributed by atoms with van der Waals surface area (Å²) in [5.41, 5.74) is 13.5. The molecule has 2 heteroatoms. The number of aromatic nitrogens is 1. The second-order valence-electron chi connectivity index (χ2n) is 11.5. The highest BCUT2D eigenvalue weighted by Gasteiger charge is 2.35. The summed E-state index contributed by atoms with van der Waals surface area (Å²) in [4.78, 5) is 0. The molecule has 0 bridgehead atoms.